The zero-order chi connectivity index (χ0) is 15.4. The van der Waals surface area contributed by atoms with Crippen LogP contribution in [0.5, 0.6) is 0 Å². The van der Waals surface area contributed by atoms with Crippen molar-refractivity contribution in [2.45, 2.75) is 30.9 Å². The minimum absolute atomic E-state index is 0.290. The van der Waals surface area contributed by atoms with E-state index in [-0.39, 0.29) is 11.6 Å². The van der Waals surface area contributed by atoms with Gasteiger partial charge in [0.05, 0.1) is 6.10 Å². The average Bonchev–Trinajstić information content (AvgIpc) is 2.69. The van der Waals surface area contributed by atoms with Crippen LogP contribution in [0.2, 0.25) is 0 Å². The van der Waals surface area contributed by atoms with Gasteiger partial charge in [-0.05, 0) is 58.1 Å². The number of nitrogens with zero attached hydrogens (tertiary/aromatic N) is 2. The number of aliphatic hydroxyl groups is 1. The molecule has 2 fully saturated rings. The Kier molecular flexibility index (Phi) is 5.14. The highest BCUT2D eigenvalue weighted by Gasteiger charge is 2.39. The van der Waals surface area contributed by atoms with Crippen molar-refractivity contribution in [3.63, 3.8) is 0 Å². The van der Waals surface area contributed by atoms with Crippen molar-refractivity contribution in [3.05, 3.63) is 35.9 Å². The van der Waals surface area contributed by atoms with E-state index in [1.54, 1.807) is 0 Å². The molecule has 0 aliphatic carbocycles. The van der Waals surface area contributed by atoms with Crippen molar-refractivity contribution < 1.29 is 5.11 Å². The molecule has 2 saturated heterocycles. The van der Waals surface area contributed by atoms with Gasteiger partial charge in [0.1, 0.15) is 0 Å². The van der Waals surface area contributed by atoms with Gasteiger partial charge >= 0.3 is 0 Å². The van der Waals surface area contributed by atoms with E-state index in [9.17, 15) is 5.11 Å². The smallest absolute Gasteiger partial charge is 0.0916 e. The summed E-state index contributed by atoms with van der Waals surface area (Å²) in [6, 6.07) is 10.1. The minimum Gasteiger partial charge on any atom is -0.387 e. The molecule has 1 aromatic carbocycles. The summed E-state index contributed by atoms with van der Waals surface area (Å²) in [4.78, 5) is 5.05. The zero-order valence-electron chi connectivity index (χ0n) is 13.7. The molecule has 0 aromatic heterocycles. The maximum Gasteiger partial charge on any atom is 0.0916 e. The van der Waals surface area contributed by atoms with Crippen LogP contribution >= 0.6 is 0 Å². The van der Waals surface area contributed by atoms with Gasteiger partial charge in [-0.1, -0.05) is 30.3 Å². The van der Waals surface area contributed by atoms with Gasteiger partial charge in [-0.3, -0.25) is 9.80 Å². The van der Waals surface area contributed by atoms with Gasteiger partial charge in [-0.2, -0.15) is 0 Å². The second kappa shape index (κ2) is 7.09. The summed E-state index contributed by atoms with van der Waals surface area (Å²) >= 11 is 0. The number of hydrogen-bond donors (Lipinski definition) is 2. The van der Waals surface area contributed by atoms with E-state index in [0.29, 0.717) is 0 Å². The molecule has 2 aliphatic rings. The largest absolute Gasteiger partial charge is 0.387 e. The van der Waals surface area contributed by atoms with Gasteiger partial charge in [-0.25, -0.2) is 0 Å². The van der Waals surface area contributed by atoms with Crippen LogP contribution < -0.4 is 5.32 Å². The second-order valence-electron chi connectivity index (χ2n) is 6.91. The number of hydrogen-bond acceptors (Lipinski definition) is 4. The molecule has 2 N–H and O–H groups in total. The third kappa shape index (κ3) is 3.51. The van der Waals surface area contributed by atoms with Crippen LogP contribution in [0.3, 0.4) is 0 Å². The molecule has 1 atom stereocenters. The molecule has 0 amide bonds. The lowest BCUT2D eigenvalue weighted by Crippen LogP contribution is -2.57. The number of piperidine rings is 1. The SMILES string of the molecule is CN1CCCN(C[C@H](O)c2ccccc2)CC12CCNCC2. The molecule has 2 heterocycles. The highest BCUT2D eigenvalue weighted by atomic mass is 16.3. The van der Waals surface area contributed by atoms with Crippen molar-refractivity contribution in [2.75, 3.05) is 46.3 Å². The van der Waals surface area contributed by atoms with Crippen LogP contribution in [-0.2, 0) is 0 Å². The maximum atomic E-state index is 10.5. The van der Waals surface area contributed by atoms with Crippen LogP contribution in [0, 0.1) is 0 Å². The van der Waals surface area contributed by atoms with Crippen LogP contribution in [0.15, 0.2) is 30.3 Å². The van der Waals surface area contributed by atoms with Crippen molar-refractivity contribution in [3.8, 4) is 0 Å². The highest BCUT2D eigenvalue weighted by molar-refractivity contribution is 5.17. The second-order valence-corrected chi connectivity index (χ2v) is 6.91. The molecule has 3 rings (SSSR count). The molecule has 1 aromatic rings. The maximum absolute atomic E-state index is 10.5. The van der Waals surface area contributed by atoms with E-state index in [1.807, 2.05) is 30.3 Å². The monoisotopic (exact) mass is 303 g/mol. The Morgan fingerprint density at radius 2 is 1.91 bits per heavy atom. The van der Waals surface area contributed by atoms with E-state index in [0.717, 1.165) is 44.8 Å². The van der Waals surface area contributed by atoms with Crippen LogP contribution in [-0.4, -0.2) is 66.8 Å². The number of benzene rings is 1. The Morgan fingerprint density at radius 1 is 1.18 bits per heavy atom. The summed E-state index contributed by atoms with van der Waals surface area (Å²) < 4.78 is 0. The Hall–Kier alpha value is -0.940. The molecule has 4 heteroatoms. The third-order valence-corrected chi connectivity index (χ3v) is 5.45. The summed E-state index contributed by atoms with van der Waals surface area (Å²) in [7, 11) is 2.28. The van der Waals surface area contributed by atoms with Gasteiger partial charge in [-0.15, -0.1) is 0 Å². The predicted molar refractivity (Wildman–Crippen MR) is 89.9 cm³/mol. The van der Waals surface area contributed by atoms with E-state index in [2.05, 4.69) is 22.2 Å². The topological polar surface area (TPSA) is 38.7 Å². The highest BCUT2D eigenvalue weighted by Crippen LogP contribution is 2.29. The Bertz CT molecular complexity index is 459. The van der Waals surface area contributed by atoms with Gasteiger partial charge in [0.15, 0.2) is 0 Å². The molecule has 4 nitrogen and oxygen atoms in total. The standard InChI is InChI=1S/C18H29N3O/c1-20-12-5-13-21(15-18(20)8-10-19-11-9-18)14-17(22)16-6-3-2-4-7-16/h2-4,6-7,17,19,22H,5,8-15H2,1H3/t17-/m0/s1. The quantitative estimate of drug-likeness (QED) is 0.887. The van der Waals surface area contributed by atoms with Crippen molar-refractivity contribution in [2.24, 2.45) is 0 Å². The normalized spacial score (nSPS) is 25.0. The summed E-state index contributed by atoms with van der Waals surface area (Å²) in [6.45, 7) is 6.29. The molecule has 22 heavy (non-hydrogen) atoms. The van der Waals surface area contributed by atoms with E-state index in [4.69, 9.17) is 0 Å². The first-order valence-corrected chi connectivity index (χ1v) is 8.57. The molecule has 0 unspecified atom stereocenters. The number of rotatable bonds is 3. The van der Waals surface area contributed by atoms with E-state index in [1.165, 1.54) is 19.3 Å². The minimum atomic E-state index is -0.386. The fourth-order valence-electron chi connectivity index (χ4n) is 4.00. The first-order valence-electron chi connectivity index (χ1n) is 8.57. The molecular formula is C18H29N3O. The molecule has 2 aliphatic heterocycles. The zero-order valence-corrected chi connectivity index (χ0v) is 13.7. The number of nitrogens with one attached hydrogen (secondary N) is 1. The summed E-state index contributed by atoms with van der Waals surface area (Å²) in [5.41, 5.74) is 1.32. The Morgan fingerprint density at radius 3 is 2.64 bits per heavy atom. The van der Waals surface area contributed by atoms with Gasteiger partial charge < -0.3 is 10.4 Å². The Labute approximate surface area is 134 Å². The first kappa shape index (κ1) is 15.9. The predicted octanol–water partition coefficient (Wildman–Crippen LogP) is 1.48. The van der Waals surface area contributed by atoms with E-state index >= 15 is 0 Å². The summed E-state index contributed by atoms with van der Waals surface area (Å²) in [5.74, 6) is 0. The third-order valence-electron chi connectivity index (χ3n) is 5.45. The molecule has 0 bridgehead atoms. The first-order chi connectivity index (χ1) is 10.7. The fraction of sp³-hybridized carbons (Fsp3) is 0.667. The van der Waals surface area contributed by atoms with Gasteiger partial charge in [0, 0.05) is 18.6 Å². The van der Waals surface area contributed by atoms with Crippen LogP contribution in [0.4, 0.5) is 0 Å². The van der Waals surface area contributed by atoms with Crippen LogP contribution in [0.1, 0.15) is 30.9 Å². The molecule has 1 spiro atoms. The Balaban J connectivity index is 1.68. The lowest BCUT2D eigenvalue weighted by atomic mass is 9.86. The number of β-amino-alcohol motifs (C(OH)–C–C–N with tert-alkyl or cyclic N) is 1. The van der Waals surface area contributed by atoms with Gasteiger partial charge in [0.2, 0.25) is 0 Å². The van der Waals surface area contributed by atoms with Crippen molar-refractivity contribution in [1.82, 2.24) is 15.1 Å². The summed E-state index contributed by atoms with van der Waals surface area (Å²) in [6.07, 6.45) is 3.22. The average molecular weight is 303 g/mol. The lowest BCUT2D eigenvalue weighted by molar-refractivity contribution is 0.0466. The molecule has 0 radical (unpaired) electrons. The van der Waals surface area contributed by atoms with E-state index < -0.39 is 0 Å². The van der Waals surface area contributed by atoms with Crippen molar-refractivity contribution >= 4 is 0 Å². The van der Waals surface area contributed by atoms with Crippen molar-refractivity contribution in [1.29, 1.82) is 0 Å². The molecule has 0 saturated carbocycles. The molecule has 122 valence electrons. The molecular weight excluding hydrogens is 274 g/mol. The van der Waals surface area contributed by atoms with Crippen LogP contribution in [0.25, 0.3) is 0 Å². The number of aliphatic hydroxyl groups excluding tert-OH is 1. The summed E-state index contributed by atoms with van der Waals surface area (Å²) in [5, 5.41) is 14.0. The van der Waals surface area contributed by atoms with Gasteiger partial charge in [0.25, 0.3) is 0 Å². The fourth-order valence-corrected chi connectivity index (χ4v) is 4.00. The lowest BCUT2D eigenvalue weighted by Gasteiger charge is -2.45. The number of likely N-dealkylation sites (N-methyl/N-ethyl adjacent to an activating group) is 1.